The zero-order valence-corrected chi connectivity index (χ0v) is 8.88. The molecule has 1 saturated heterocycles. The zero-order valence-electron chi connectivity index (χ0n) is 8.88. The first kappa shape index (κ1) is 11.2. The van der Waals surface area contributed by atoms with E-state index >= 15 is 0 Å². The smallest absolute Gasteiger partial charge is 0.331 e. The third-order valence-corrected chi connectivity index (χ3v) is 2.75. The van der Waals surface area contributed by atoms with Gasteiger partial charge in [0.15, 0.2) is 0 Å². The second kappa shape index (κ2) is 5.15. The Hall–Kier alpha value is -0.830. The molecule has 0 aromatic heterocycles. The average molecular weight is 198 g/mol. The molecule has 1 unspecified atom stereocenters. The van der Waals surface area contributed by atoms with Crippen LogP contribution in [0.2, 0.25) is 0 Å². The number of carboxylic acid groups (broad SMARTS) is 1. The normalized spacial score (nSPS) is 24.3. The maximum absolute atomic E-state index is 10.9. The van der Waals surface area contributed by atoms with E-state index in [0.29, 0.717) is 12.0 Å². The summed E-state index contributed by atoms with van der Waals surface area (Å²) >= 11 is 0. The molecule has 3 nitrogen and oxygen atoms in total. The monoisotopic (exact) mass is 198 g/mol. The van der Waals surface area contributed by atoms with Crippen molar-refractivity contribution in [2.24, 2.45) is 0 Å². The van der Waals surface area contributed by atoms with Gasteiger partial charge in [-0.1, -0.05) is 6.92 Å². The Labute approximate surface area is 84.8 Å². The molecule has 1 atom stereocenters. The number of carbonyl (C=O) groups is 1. The van der Waals surface area contributed by atoms with Crippen molar-refractivity contribution in [3.63, 3.8) is 0 Å². The molecule has 14 heavy (non-hydrogen) atoms. The first-order valence-electron chi connectivity index (χ1n) is 5.21. The fraction of sp³-hybridized carbons (Fsp3) is 0.727. The molecule has 0 amide bonds. The van der Waals surface area contributed by atoms with Gasteiger partial charge in [-0.05, 0) is 38.2 Å². The van der Waals surface area contributed by atoms with E-state index in [2.05, 4.69) is 0 Å². The lowest BCUT2D eigenvalue weighted by atomic mass is 9.97. The van der Waals surface area contributed by atoms with E-state index in [1.165, 1.54) is 0 Å². The maximum atomic E-state index is 10.9. The lowest BCUT2D eigenvalue weighted by molar-refractivity contribution is -0.133. The fourth-order valence-electron chi connectivity index (χ4n) is 1.88. The summed E-state index contributed by atoms with van der Waals surface area (Å²) in [7, 11) is 0. The minimum Gasteiger partial charge on any atom is -0.478 e. The summed E-state index contributed by atoms with van der Waals surface area (Å²) in [6.45, 7) is 4.51. The quantitative estimate of drug-likeness (QED) is 0.708. The van der Waals surface area contributed by atoms with Crippen LogP contribution in [0.5, 0.6) is 0 Å². The van der Waals surface area contributed by atoms with Crippen molar-refractivity contribution in [2.75, 3.05) is 6.61 Å². The lowest BCUT2D eigenvalue weighted by Gasteiger charge is -2.24. The molecule has 0 spiro atoms. The van der Waals surface area contributed by atoms with Crippen molar-refractivity contribution in [1.29, 1.82) is 0 Å². The molecule has 0 bridgehead atoms. The van der Waals surface area contributed by atoms with Crippen LogP contribution in [0, 0.1) is 0 Å². The van der Waals surface area contributed by atoms with Gasteiger partial charge in [-0.25, -0.2) is 4.79 Å². The van der Waals surface area contributed by atoms with Crippen molar-refractivity contribution in [2.45, 2.75) is 45.6 Å². The van der Waals surface area contributed by atoms with Crippen LogP contribution in [0.4, 0.5) is 0 Å². The van der Waals surface area contributed by atoms with Crippen LogP contribution < -0.4 is 0 Å². The Morgan fingerprint density at radius 1 is 1.50 bits per heavy atom. The molecule has 1 N–H and O–H groups in total. The van der Waals surface area contributed by atoms with Crippen LogP contribution in [0.15, 0.2) is 11.1 Å². The fourth-order valence-corrected chi connectivity index (χ4v) is 1.88. The number of aliphatic carboxylic acids is 1. The van der Waals surface area contributed by atoms with Gasteiger partial charge in [0.2, 0.25) is 0 Å². The second-order valence-electron chi connectivity index (χ2n) is 3.68. The Bertz CT molecular complexity index is 237. The highest BCUT2D eigenvalue weighted by Crippen LogP contribution is 2.23. The standard InChI is InChI=1S/C11H18O3/c1-3-9(11(12)13)8(2)10-6-4-5-7-14-10/h10H,3-7H2,1-2H3,(H,12,13)/b9-8-. The van der Waals surface area contributed by atoms with Crippen LogP contribution >= 0.6 is 0 Å². The number of carboxylic acids is 1. The molecule has 0 aliphatic carbocycles. The zero-order chi connectivity index (χ0) is 10.6. The summed E-state index contributed by atoms with van der Waals surface area (Å²) < 4.78 is 5.55. The number of hydrogen-bond acceptors (Lipinski definition) is 2. The van der Waals surface area contributed by atoms with E-state index in [0.717, 1.165) is 31.4 Å². The van der Waals surface area contributed by atoms with Crippen molar-refractivity contribution in [1.82, 2.24) is 0 Å². The SMILES string of the molecule is CC/C(C(=O)O)=C(\C)C1CCCCO1. The van der Waals surface area contributed by atoms with Gasteiger partial charge in [-0.3, -0.25) is 0 Å². The molecule has 1 aliphatic heterocycles. The molecule has 0 aromatic carbocycles. The first-order chi connectivity index (χ1) is 6.66. The molecule has 0 aromatic rings. The molecule has 1 rings (SSSR count). The van der Waals surface area contributed by atoms with Gasteiger partial charge in [-0.2, -0.15) is 0 Å². The number of hydrogen-bond donors (Lipinski definition) is 1. The van der Waals surface area contributed by atoms with Crippen molar-refractivity contribution in [3.05, 3.63) is 11.1 Å². The van der Waals surface area contributed by atoms with Crippen LogP contribution in [-0.2, 0) is 9.53 Å². The molecule has 0 saturated carbocycles. The Morgan fingerprint density at radius 3 is 2.64 bits per heavy atom. The van der Waals surface area contributed by atoms with Gasteiger partial charge >= 0.3 is 5.97 Å². The topological polar surface area (TPSA) is 46.5 Å². The Balaban J connectivity index is 2.76. The van der Waals surface area contributed by atoms with Gasteiger partial charge in [0.1, 0.15) is 0 Å². The van der Waals surface area contributed by atoms with Gasteiger partial charge in [0, 0.05) is 12.2 Å². The highest BCUT2D eigenvalue weighted by atomic mass is 16.5. The molecule has 1 heterocycles. The van der Waals surface area contributed by atoms with E-state index in [9.17, 15) is 4.79 Å². The van der Waals surface area contributed by atoms with E-state index < -0.39 is 5.97 Å². The maximum Gasteiger partial charge on any atom is 0.331 e. The van der Waals surface area contributed by atoms with Crippen LogP contribution in [0.25, 0.3) is 0 Å². The number of rotatable bonds is 3. The minimum atomic E-state index is -0.806. The van der Waals surface area contributed by atoms with Gasteiger partial charge in [0.05, 0.1) is 6.10 Å². The van der Waals surface area contributed by atoms with Crippen molar-refractivity contribution in [3.8, 4) is 0 Å². The highest BCUT2D eigenvalue weighted by Gasteiger charge is 2.20. The molecule has 3 heteroatoms. The molecular formula is C11H18O3. The van der Waals surface area contributed by atoms with E-state index in [-0.39, 0.29) is 6.10 Å². The number of ether oxygens (including phenoxy) is 1. The van der Waals surface area contributed by atoms with E-state index in [1.54, 1.807) is 0 Å². The van der Waals surface area contributed by atoms with E-state index in [1.807, 2.05) is 13.8 Å². The average Bonchev–Trinajstić information content (AvgIpc) is 2.19. The molecular weight excluding hydrogens is 180 g/mol. The van der Waals surface area contributed by atoms with E-state index in [4.69, 9.17) is 9.84 Å². The van der Waals surface area contributed by atoms with Gasteiger partial charge < -0.3 is 9.84 Å². The largest absolute Gasteiger partial charge is 0.478 e. The van der Waals surface area contributed by atoms with Crippen molar-refractivity contribution >= 4 is 5.97 Å². The third kappa shape index (κ3) is 2.58. The van der Waals surface area contributed by atoms with Crippen molar-refractivity contribution < 1.29 is 14.6 Å². The summed E-state index contributed by atoms with van der Waals surface area (Å²) in [5.74, 6) is -0.806. The molecule has 1 fully saturated rings. The van der Waals surface area contributed by atoms with Crippen LogP contribution in [0.3, 0.4) is 0 Å². The minimum absolute atomic E-state index is 0.0369. The summed E-state index contributed by atoms with van der Waals surface area (Å²) in [4.78, 5) is 10.9. The Morgan fingerprint density at radius 2 is 2.21 bits per heavy atom. The third-order valence-electron chi connectivity index (χ3n) is 2.75. The highest BCUT2D eigenvalue weighted by molar-refractivity contribution is 5.87. The predicted octanol–water partition coefficient (Wildman–Crippen LogP) is 2.37. The second-order valence-corrected chi connectivity index (χ2v) is 3.68. The Kier molecular flexibility index (Phi) is 4.14. The van der Waals surface area contributed by atoms with Crippen LogP contribution in [-0.4, -0.2) is 23.8 Å². The summed E-state index contributed by atoms with van der Waals surface area (Å²) in [5, 5.41) is 8.96. The van der Waals surface area contributed by atoms with Gasteiger partial charge in [0.25, 0.3) is 0 Å². The summed E-state index contributed by atoms with van der Waals surface area (Å²) in [6.07, 6.45) is 3.80. The summed E-state index contributed by atoms with van der Waals surface area (Å²) in [6, 6.07) is 0. The predicted molar refractivity (Wildman–Crippen MR) is 54.2 cm³/mol. The van der Waals surface area contributed by atoms with Crippen LogP contribution in [0.1, 0.15) is 39.5 Å². The first-order valence-corrected chi connectivity index (χ1v) is 5.21. The molecule has 1 aliphatic rings. The van der Waals surface area contributed by atoms with Gasteiger partial charge in [-0.15, -0.1) is 0 Å². The summed E-state index contributed by atoms with van der Waals surface area (Å²) in [5.41, 5.74) is 1.41. The lowest BCUT2D eigenvalue weighted by Crippen LogP contribution is -2.22. The molecule has 80 valence electrons. The molecule has 0 radical (unpaired) electrons.